The lowest BCUT2D eigenvalue weighted by atomic mass is 10.0. The van der Waals surface area contributed by atoms with Gasteiger partial charge in [0.2, 0.25) is 5.91 Å². The Balaban J connectivity index is 3.68. The van der Waals surface area contributed by atoms with Crippen LogP contribution in [0.5, 0.6) is 0 Å². The van der Waals surface area contributed by atoms with E-state index in [-0.39, 0.29) is 11.8 Å². The number of nitrogens with one attached hydrogen (secondary N) is 1. The summed E-state index contributed by atoms with van der Waals surface area (Å²) in [6.45, 7) is 2.26. The Kier molecular flexibility index (Phi) is 6.44. The fourth-order valence-electron chi connectivity index (χ4n) is 1.06. The molecule has 0 spiro atoms. The molecule has 88 valence electrons. The van der Waals surface area contributed by atoms with E-state index in [0.717, 1.165) is 0 Å². The van der Waals surface area contributed by atoms with Gasteiger partial charge in [0.25, 0.3) is 0 Å². The van der Waals surface area contributed by atoms with Gasteiger partial charge in [0.05, 0.1) is 7.11 Å². The zero-order chi connectivity index (χ0) is 11.8. The van der Waals surface area contributed by atoms with Gasteiger partial charge in [-0.1, -0.05) is 6.92 Å². The second-order valence-electron chi connectivity index (χ2n) is 3.40. The van der Waals surface area contributed by atoms with Crippen LogP contribution >= 0.6 is 0 Å². The number of nitrogens with zero attached hydrogens (tertiary/aromatic N) is 1. The van der Waals surface area contributed by atoms with Crippen LogP contribution < -0.4 is 5.32 Å². The van der Waals surface area contributed by atoms with Gasteiger partial charge in [0.15, 0.2) is 0 Å². The Hall–Kier alpha value is -1.30. The van der Waals surface area contributed by atoms with Crippen molar-refractivity contribution in [2.24, 2.45) is 5.92 Å². The molecule has 6 nitrogen and oxygen atoms in total. The second-order valence-corrected chi connectivity index (χ2v) is 3.40. The quantitative estimate of drug-likeness (QED) is 0.643. The van der Waals surface area contributed by atoms with Gasteiger partial charge in [-0.25, -0.2) is 9.86 Å². The van der Waals surface area contributed by atoms with Crippen LogP contribution in [-0.4, -0.2) is 42.9 Å². The van der Waals surface area contributed by atoms with Crippen molar-refractivity contribution in [3.05, 3.63) is 0 Å². The van der Waals surface area contributed by atoms with E-state index in [0.29, 0.717) is 19.4 Å². The molecule has 0 radical (unpaired) electrons. The Bertz CT molecular complexity index is 220. The standard InChI is InChI=1S/C9H18N2O4/c1-7(4-5-10-9(13)14)6-8(12)11(2)15-3/h7,10H,4-6H2,1-3H3,(H,13,14)/t7-/m0/s1. The highest BCUT2D eigenvalue weighted by atomic mass is 16.7. The van der Waals surface area contributed by atoms with Gasteiger partial charge in [-0.2, -0.15) is 0 Å². The number of carbonyl (C=O) groups is 2. The molecule has 0 heterocycles. The predicted molar refractivity (Wildman–Crippen MR) is 54.2 cm³/mol. The van der Waals surface area contributed by atoms with Crippen LogP contribution in [0.15, 0.2) is 0 Å². The molecule has 6 heteroatoms. The smallest absolute Gasteiger partial charge is 0.404 e. The summed E-state index contributed by atoms with van der Waals surface area (Å²) in [7, 11) is 2.97. The van der Waals surface area contributed by atoms with Crippen LogP contribution in [-0.2, 0) is 9.63 Å². The first kappa shape index (κ1) is 13.7. The molecule has 0 aromatic heterocycles. The van der Waals surface area contributed by atoms with Crippen LogP contribution in [0.4, 0.5) is 4.79 Å². The normalized spacial score (nSPS) is 11.9. The first-order chi connectivity index (χ1) is 6.97. The summed E-state index contributed by atoms with van der Waals surface area (Å²) < 4.78 is 0. The lowest BCUT2D eigenvalue weighted by Crippen LogP contribution is -2.28. The summed E-state index contributed by atoms with van der Waals surface area (Å²) >= 11 is 0. The van der Waals surface area contributed by atoms with Crippen LogP contribution in [0.25, 0.3) is 0 Å². The third-order valence-electron chi connectivity index (χ3n) is 2.06. The minimum atomic E-state index is -1.04. The molecular weight excluding hydrogens is 200 g/mol. The first-order valence-electron chi connectivity index (χ1n) is 4.74. The maximum Gasteiger partial charge on any atom is 0.404 e. The minimum Gasteiger partial charge on any atom is -0.465 e. The molecule has 0 unspecified atom stereocenters. The molecular formula is C9H18N2O4. The van der Waals surface area contributed by atoms with E-state index in [9.17, 15) is 9.59 Å². The van der Waals surface area contributed by atoms with Crippen molar-refractivity contribution < 1.29 is 19.5 Å². The number of hydrogen-bond donors (Lipinski definition) is 2. The molecule has 1 atom stereocenters. The van der Waals surface area contributed by atoms with Crippen LogP contribution in [0.1, 0.15) is 19.8 Å². The van der Waals surface area contributed by atoms with Crippen LogP contribution in [0.3, 0.4) is 0 Å². The van der Waals surface area contributed by atoms with Crippen molar-refractivity contribution in [1.82, 2.24) is 10.4 Å². The van der Waals surface area contributed by atoms with Crippen molar-refractivity contribution in [3.63, 3.8) is 0 Å². The molecule has 2 N–H and O–H groups in total. The summed E-state index contributed by atoms with van der Waals surface area (Å²) in [4.78, 5) is 26.2. The first-order valence-corrected chi connectivity index (χ1v) is 4.74. The van der Waals surface area contributed by atoms with E-state index in [2.05, 4.69) is 5.32 Å². The van der Waals surface area contributed by atoms with E-state index < -0.39 is 6.09 Å². The average Bonchev–Trinajstić information content (AvgIpc) is 2.15. The Labute approximate surface area is 89.2 Å². The van der Waals surface area contributed by atoms with Gasteiger partial charge in [-0.15, -0.1) is 0 Å². The Morgan fingerprint density at radius 2 is 2.13 bits per heavy atom. The van der Waals surface area contributed by atoms with Gasteiger partial charge >= 0.3 is 6.09 Å². The molecule has 0 aliphatic rings. The molecule has 0 saturated carbocycles. The molecule has 0 saturated heterocycles. The molecule has 15 heavy (non-hydrogen) atoms. The lowest BCUT2D eigenvalue weighted by molar-refractivity contribution is -0.169. The largest absolute Gasteiger partial charge is 0.465 e. The Morgan fingerprint density at radius 3 is 2.60 bits per heavy atom. The molecule has 0 bridgehead atoms. The topological polar surface area (TPSA) is 78.9 Å². The summed E-state index contributed by atoms with van der Waals surface area (Å²) in [5.41, 5.74) is 0. The number of hydrogen-bond acceptors (Lipinski definition) is 3. The van der Waals surface area contributed by atoms with Gasteiger partial charge in [0.1, 0.15) is 0 Å². The summed E-state index contributed by atoms with van der Waals surface area (Å²) in [6, 6.07) is 0. The van der Waals surface area contributed by atoms with Gasteiger partial charge in [-0.3, -0.25) is 9.63 Å². The van der Waals surface area contributed by atoms with Crippen molar-refractivity contribution in [1.29, 1.82) is 0 Å². The van der Waals surface area contributed by atoms with E-state index in [1.807, 2.05) is 6.92 Å². The van der Waals surface area contributed by atoms with E-state index in [1.165, 1.54) is 12.2 Å². The molecule has 0 fully saturated rings. The number of carboxylic acid groups (broad SMARTS) is 1. The summed E-state index contributed by atoms with van der Waals surface area (Å²) in [5.74, 6) is 0.0160. The molecule has 0 aromatic rings. The maximum atomic E-state index is 11.3. The number of rotatable bonds is 6. The molecule has 0 aliphatic heterocycles. The van der Waals surface area contributed by atoms with Crippen LogP contribution in [0, 0.1) is 5.92 Å². The molecule has 0 aromatic carbocycles. The number of carbonyl (C=O) groups excluding carboxylic acids is 1. The van der Waals surface area contributed by atoms with Crippen molar-refractivity contribution >= 4 is 12.0 Å². The highest BCUT2D eigenvalue weighted by molar-refractivity contribution is 5.74. The van der Waals surface area contributed by atoms with E-state index in [4.69, 9.17) is 9.94 Å². The predicted octanol–water partition coefficient (Wildman–Crippen LogP) is 0.690. The molecule has 2 amide bonds. The Morgan fingerprint density at radius 1 is 1.53 bits per heavy atom. The monoisotopic (exact) mass is 218 g/mol. The highest BCUT2D eigenvalue weighted by Gasteiger charge is 2.13. The zero-order valence-corrected chi connectivity index (χ0v) is 9.32. The molecule has 0 aliphatic carbocycles. The van der Waals surface area contributed by atoms with Crippen molar-refractivity contribution in [3.8, 4) is 0 Å². The van der Waals surface area contributed by atoms with Crippen LogP contribution in [0.2, 0.25) is 0 Å². The number of hydroxylamine groups is 2. The fraction of sp³-hybridized carbons (Fsp3) is 0.778. The highest BCUT2D eigenvalue weighted by Crippen LogP contribution is 2.08. The van der Waals surface area contributed by atoms with Crippen molar-refractivity contribution in [2.75, 3.05) is 20.7 Å². The fourth-order valence-corrected chi connectivity index (χ4v) is 1.06. The third kappa shape index (κ3) is 6.73. The minimum absolute atomic E-state index is 0.111. The van der Waals surface area contributed by atoms with E-state index >= 15 is 0 Å². The molecule has 0 rings (SSSR count). The van der Waals surface area contributed by atoms with E-state index in [1.54, 1.807) is 7.05 Å². The van der Waals surface area contributed by atoms with Gasteiger partial charge < -0.3 is 10.4 Å². The zero-order valence-electron chi connectivity index (χ0n) is 9.32. The average molecular weight is 218 g/mol. The van der Waals surface area contributed by atoms with Gasteiger partial charge in [-0.05, 0) is 12.3 Å². The summed E-state index contributed by atoms with van der Waals surface area (Å²) in [6.07, 6.45) is -0.0520. The third-order valence-corrected chi connectivity index (χ3v) is 2.06. The SMILES string of the molecule is CON(C)C(=O)C[C@@H](C)CCNC(=O)O. The lowest BCUT2D eigenvalue weighted by Gasteiger charge is -2.16. The summed E-state index contributed by atoms with van der Waals surface area (Å²) in [5, 5.41) is 11.7. The number of amides is 2. The van der Waals surface area contributed by atoms with Crippen molar-refractivity contribution in [2.45, 2.75) is 19.8 Å². The maximum absolute atomic E-state index is 11.3. The second kappa shape index (κ2) is 7.05. The van der Waals surface area contributed by atoms with Gasteiger partial charge in [0, 0.05) is 20.0 Å².